The minimum Gasteiger partial charge on any atom is -0.507 e. The van der Waals surface area contributed by atoms with Crippen LogP contribution in [-0.2, 0) is 32.1 Å². The van der Waals surface area contributed by atoms with Gasteiger partial charge in [-0.25, -0.2) is 0 Å². The van der Waals surface area contributed by atoms with Gasteiger partial charge in [-0.15, -0.1) is 17.9 Å². The first-order chi connectivity index (χ1) is 18.3. The zero-order valence-corrected chi connectivity index (χ0v) is 21.8. The van der Waals surface area contributed by atoms with Crippen molar-refractivity contribution in [1.82, 2.24) is 4.90 Å². The molecule has 0 bridgehead atoms. The number of ketones is 2. The van der Waals surface area contributed by atoms with E-state index in [-0.39, 0.29) is 42.1 Å². The van der Waals surface area contributed by atoms with Crippen molar-refractivity contribution in [2.75, 3.05) is 0 Å². The number of phenols is 1. The number of phenolic OH excluding ortho intramolecular Hbond substituents is 1. The van der Waals surface area contributed by atoms with Crippen LogP contribution in [-0.4, -0.2) is 33.4 Å². The smallest absolute Gasteiger partial charge is 0.234 e. The lowest BCUT2D eigenvalue weighted by Gasteiger charge is -2.42. The van der Waals surface area contributed by atoms with Crippen LogP contribution in [0.4, 0.5) is 0 Å². The molecule has 192 valence electrons. The van der Waals surface area contributed by atoms with E-state index in [2.05, 4.69) is 6.58 Å². The van der Waals surface area contributed by atoms with E-state index in [0.717, 1.165) is 10.5 Å². The van der Waals surface area contributed by atoms with Gasteiger partial charge in [-0.1, -0.05) is 42.0 Å². The molecule has 1 aromatic heterocycles. The molecule has 1 aromatic carbocycles. The number of allylic oxidation sites excluding steroid dienone is 7. The molecule has 1 aliphatic heterocycles. The molecule has 4 aliphatic rings. The first-order valence-corrected chi connectivity index (χ1v) is 13.7. The van der Waals surface area contributed by atoms with Gasteiger partial charge < -0.3 is 5.11 Å². The molecule has 0 saturated carbocycles. The molecule has 4 atom stereocenters. The van der Waals surface area contributed by atoms with E-state index in [1.807, 2.05) is 35.7 Å². The van der Waals surface area contributed by atoms with E-state index in [0.29, 0.717) is 40.7 Å². The fourth-order valence-electron chi connectivity index (χ4n) is 6.66. The second-order valence-corrected chi connectivity index (χ2v) is 11.5. The average Bonchev–Trinajstić information content (AvgIpc) is 3.50. The van der Waals surface area contributed by atoms with Crippen molar-refractivity contribution in [2.24, 2.45) is 17.8 Å². The number of aromatic hydroxyl groups is 1. The number of nitrogens with zero attached hydrogens (tertiary/aromatic N) is 1. The number of benzene rings is 1. The van der Waals surface area contributed by atoms with Crippen LogP contribution in [0.15, 0.2) is 82.8 Å². The zero-order valence-electron chi connectivity index (χ0n) is 21.0. The number of rotatable bonds is 5. The average molecular weight is 526 g/mol. The summed E-state index contributed by atoms with van der Waals surface area (Å²) < 4.78 is 0. The maximum absolute atomic E-state index is 13.8. The van der Waals surface area contributed by atoms with Crippen molar-refractivity contribution >= 4 is 34.7 Å². The highest BCUT2D eigenvalue weighted by atomic mass is 32.1. The van der Waals surface area contributed by atoms with E-state index in [1.165, 1.54) is 22.3 Å². The number of likely N-dealkylation sites (tertiary alicyclic amines) is 1. The Kier molecular flexibility index (Phi) is 5.91. The van der Waals surface area contributed by atoms with Crippen molar-refractivity contribution in [1.29, 1.82) is 0 Å². The Morgan fingerprint density at radius 2 is 1.92 bits per heavy atom. The summed E-state index contributed by atoms with van der Waals surface area (Å²) in [6, 6.07) is 9.22. The summed E-state index contributed by atoms with van der Waals surface area (Å²) in [6.07, 6.45) is 6.10. The van der Waals surface area contributed by atoms with Gasteiger partial charge in [-0.2, -0.15) is 0 Å². The van der Waals surface area contributed by atoms with Crippen LogP contribution < -0.4 is 0 Å². The molecule has 1 saturated heterocycles. The summed E-state index contributed by atoms with van der Waals surface area (Å²) in [5, 5.41) is 13.2. The number of carbonyl (C=O) groups is 4. The Labute approximate surface area is 224 Å². The largest absolute Gasteiger partial charge is 0.507 e. The number of thiophene rings is 1. The minimum absolute atomic E-state index is 0.0634. The lowest BCUT2D eigenvalue weighted by Crippen LogP contribution is -2.39. The highest BCUT2D eigenvalue weighted by molar-refractivity contribution is 7.09. The molecule has 6 nitrogen and oxygen atoms in total. The van der Waals surface area contributed by atoms with Gasteiger partial charge in [0, 0.05) is 33.1 Å². The van der Waals surface area contributed by atoms with Crippen molar-refractivity contribution in [3.8, 4) is 5.75 Å². The molecular formula is C31H27NO5S. The standard InChI is InChI=1S/C31H27NO5S/c1-3-6-17-7-4-9-20(29(17)35)25-19-10-11-21-26(31(37)32(30(21)36)15-18-8-5-12-38-18)22(19)14-23-24(33)13-16(2)28(34)27(23)25/h3-5,7-10,12-13,21-22,25-26,35H,1,6,11,14-15H2,2H3. The van der Waals surface area contributed by atoms with Crippen LogP contribution in [0.5, 0.6) is 5.75 Å². The Morgan fingerprint density at radius 3 is 2.66 bits per heavy atom. The molecule has 38 heavy (non-hydrogen) atoms. The predicted molar refractivity (Wildman–Crippen MR) is 143 cm³/mol. The number of hydrogen-bond donors (Lipinski definition) is 1. The summed E-state index contributed by atoms with van der Waals surface area (Å²) in [7, 11) is 0. The van der Waals surface area contributed by atoms with E-state index in [4.69, 9.17) is 0 Å². The van der Waals surface area contributed by atoms with Crippen LogP contribution in [0.3, 0.4) is 0 Å². The quantitative estimate of drug-likeness (QED) is 0.344. The molecular weight excluding hydrogens is 498 g/mol. The lowest BCUT2D eigenvalue weighted by molar-refractivity contribution is -0.140. The maximum Gasteiger partial charge on any atom is 0.234 e. The highest BCUT2D eigenvalue weighted by Gasteiger charge is 2.56. The van der Waals surface area contributed by atoms with Gasteiger partial charge in [0.25, 0.3) is 0 Å². The van der Waals surface area contributed by atoms with Gasteiger partial charge in [0.1, 0.15) is 5.75 Å². The molecule has 7 heteroatoms. The predicted octanol–water partition coefficient (Wildman–Crippen LogP) is 4.81. The van der Waals surface area contributed by atoms with Crippen LogP contribution in [0.1, 0.15) is 41.7 Å². The molecule has 2 heterocycles. The van der Waals surface area contributed by atoms with Gasteiger partial charge >= 0.3 is 0 Å². The summed E-state index contributed by atoms with van der Waals surface area (Å²) in [4.78, 5) is 56.3. The molecule has 2 amide bonds. The summed E-state index contributed by atoms with van der Waals surface area (Å²) >= 11 is 1.50. The van der Waals surface area contributed by atoms with Gasteiger partial charge in [-0.3, -0.25) is 24.1 Å². The number of Topliss-reactive ketones (excluding diaryl/α,β-unsaturated/α-hetero) is 1. The summed E-state index contributed by atoms with van der Waals surface area (Å²) in [5.41, 5.74) is 3.18. The number of amides is 2. The third kappa shape index (κ3) is 3.60. The Balaban J connectivity index is 1.48. The fourth-order valence-corrected chi connectivity index (χ4v) is 7.35. The second kappa shape index (κ2) is 9.17. The lowest BCUT2D eigenvalue weighted by atomic mass is 9.59. The van der Waals surface area contributed by atoms with Gasteiger partial charge in [0.05, 0.1) is 18.4 Å². The van der Waals surface area contributed by atoms with Crippen LogP contribution in [0, 0.1) is 17.8 Å². The third-order valence-electron chi connectivity index (χ3n) is 8.38. The number of para-hydroxylation sites is 1. The second-order valence-electron chi connectivity index (χ2n) is 10.4. The van der Waals surface area contributed by atoms with Crippen molar-refractivity contribution in [3.05, 3.63) is 98.8 Å². The molecule has 1 N–H and O–H groups in total. The molecule has 2 aromatic rings. The Bertz CT molecular complexity index is 1510. The topological polar surface area (TPSA) is 91.8 Å². The van der Waals surface area contributed by atoms with Gasteiger partial charge in [-0.05, 0) is 55.2 Å². The third-order valence-corrected chi connectivity index (χ3v) is 9.24. The monoisotopic (exact) mass is 525 g/mol. The van der Waals surface area contributed by atoms with Crippen LogP contribution >= 0.6 is 11.3 Å². The first kappa shape index (κ1) is 24.5. The maximum atomic E-state index is 13.8. The number of fused-ring (bicyclic) bond motifs is 3. The molecule has 1 fully saturated rings. The minimum atomic E-state index is -0.663. The SMILES string of the molecule is C=CCc1cccc(C2C3=CCC4C(=O)N(Cc5cccs5)C(=O)C4C3CC3=C2C(=O)C(C)=CC3=O)c1O. The number of imide groups is 1. The zero-order chi connectivity index (χ0) is 26.7. The molecule has 0 radical (unpaired) electrons. The van der Waals surface area contributed by atoms with Crippen molar-refractivity contribution in [2.45, 2.75) is 38.6 Å². The summed E-state index contributed by atoms with van der Waals surface area (Å²) in [6.45, 7) is 5.65. The van der Waals surface area contributed by atoms with Crippen LogP contribution in [0.2, 0.25) is 0 Å². The molecule has 6 rings (SSSR count). The fraction of sp³-hybridized carbons (Fsp3) is 0.290. The Morgan fingerprint density at radius 1 is 1.11 bits per heavy atom. The van der Waals surface area contributed by atoms with Crippen molar-refractivity contribution < 1.29 is 24.3 Å². The van der Waals surface area contributed by atoms with E-state index >= 15 is 0 Å². The van der Waals surface area contributed by atoms with E-state index < -0.39 is 23.7 Å². The van der Waals surface area contributed by atoms with Crippen LogP contribution in [0.25, 0.3) is 0 Å². The van der Waals surface area contributed by atoms with E-state index in [9.17, 15) is 24.3 Å². The van der Waals surface area contributed by atoms with E-state index in [1.54, 1.807) is 19.1 Å². The number of hydrogen-bond acceptors (Lipinski definition) is 6. The number of carbonyl (C=O) groups excluding carboxylic acids is 4. The normalized spacial score (nSPS) is 26.6. The molecule has 4 unspecified atom stereocenters. The highest BCUT2D eigenvalue weighted by Crippen LogP contribution is 2.56. The first-order valence-electron chi connectivity index (χ1n) is 12.8. The molecule has 0 spiro atoms. The summed E-state index contributed by atoms with van der Waals surface area (Å²) in [5.74, 6) is -2.97. The Hall–Kier alpha value is -3.84. The van der Waals surface area contributed by atoms with Crippen molar-refractivity contribution in [3.63, 3.8) is 0 Å². The van der Waals surface area contributed by atoms with Gasteiger partial charge in [0.2, 0.25) is 11.8 Å². The molecule has 3 aliphatic carbocycles. The van der Waals surface area contributed by atoms with Gasteiger partial charge in [0.15, 0.2) is 11.6 Å².